The average Bonchev–Trinajstić information content (AvgIpc) is 3.50. The van der Waals surface area contributed by atoms with Crippen LogP contribution >= 0.6 is 0 Å². The van der Waals surface area contributed by atoms with Crippen molar-refractivity contribution in [1.29, 1.82) is 0 Å². The summed E-state index contributed by atoms with van der Waals surface area (Å²) in [6.45, 7) is 7.73. The van der Waals surface area contributed by atoms with Gasteiger partial charge in [-0.25, -0.2) is 14.0 Å². The molecule has 0 radical (unpaired) electrons. The third-order valence-electron chi connectivity index (χ3n) is 5.82. The minimum absolute atomic E-state index is 0.190. The Morgan fingerprint density at radius 1 is 1.17 bits per heavy atom. The number of esters is 1. The van der Waals surface area contributed by atoms with Crippen molar-refractivity contribution < 1.29 is 28.0 Å². The zero-order chi connectivity index (χ0) is 25.2. The fraction of sp³-hybridized carbons (Fsp3) is 0.440. The van der Waals surface area contributed by atoms with E-state index in [0.29, 0.717) is 18.7 Å². The van der Waals surface area contributed by atoms with Crippen LogP contribution in [-0.2, 0) is 9.47 Å². The molecule has 1 aliphatic heterocycles. The zero-order valence-electron chi connectivity index (χ0n) is 20.2. The van der Waals surface area contributed by atoms with Crippen LogP contribution in [0.2, 0.25) is 0 Å². The molecule has 1 fully saturated rings. The smallest absolute Gasteiger partial charge is 0.410 e. The molecule has 3 heterocycles. The van der Waals surface area contributed by atoms with Crippen LogP contribution in [0.3, 0.4) is 0 Å². The van der Waals surface area contributed by atoms with Crippen molar-refractivity contribution >= 4 is 12.1 Å². The Morgan fingerprint density at radius 2 is 1.91 bits per heavy atom. The fourth-order valence-electron chi connectivity index (χ4n) is 4.45. The zero-order valence-corrected chi connectivity index (χ0v) is 20.2. The molecule has 0 spiro atoms. The van der Waals surface area contributed by atoms with Crippen molar-refractivity contribution in [3.8, 4) is 0 Å². The first-order valence-electron chi connectivity index (χ1n) is 11.6. The SMILES string of the molecule is CCOC(=O)c1ccn(C2CCN(C(=O)OC(C)(C)C)C(c3ccno3)C2c2ccc(F)cc2)n1. The molecule has 186 valence electrons. The number of rotatable bonds is 5. The van der Waals surface area contributed by atoms with Gasteiger partial charge in [-0.15, -0.1) is 0 Å². The number of piperidine rings is 1. The predicted octanol–water partition coefficient (Wildman–Crippen LogP) is 4.89. The molecule has 1 aliphatic rings. The van der Waals surface area contributed by atoms with Gasteiger partial charge in [-0.2, -0.15) is 5.10 Å². The number of amides is 1. The van der Waals surface area contributed by atoms with E-state index in [4.69, 9.17) is 14.0 Å². The summed E-state index contributed by atoms with van der Waals surface area (Å²) in [6.07, 6.45) is 3.25. The first-order valence-corrected chi connectivity index (χ1v) is 11.6. The molecule has 3 atom stereocenters. The van der Waals surface area contributed by atoms with Gasteiger partial charge < -0.3 is 14.0 Å². The first-order chi connectivity index (χ1) is 16.7. The molecule has 3 aromatic rings. The molecule has 2 aromatic heterocycles. The van der Waals surface area contributed by atoms with Gasteiger partial charge in [0.25, 0.3) is 0 Å². The van der Waals surface area contributed by atoms with Crippen LogP contribution in [0.25, 0.3) is 0 Å². The van der Waals surface area contributed by atoms with E-state index in [2.05, 4.69) is 10.3 Å². The fourth-order valence-corrected chi connectivity index (χ4v) is 4.45. The Labute approximate surface area is 202 Å². The molecule has 1 aromatic carbocycles. The summed E-state index contributed by atoms with van der Waals surface area (Å²) in [7, 11) is 0. The highest BCUT2D eigenvalue weighted by molar-refractivity contribution is 5.87. The van der Waals surface area contributed by atoms with Gasteiger partial charge in [-0.05, 0) is 57.9 Å². The average molecular weight is 485 g/mol. The minimum atomic E-state index is -0.693. The highest BCUT2D eigenvalue weighted by Gasteiger charge is 2.46. The molecule has 0 N–H and O–H groups in total. The molecule has 35 heavy (non-hydrogen) atoms. The molecule has 1 saturated heterocycles. The molecule has 0 bridgehead atoms. The summed E-state index contributed by atoms with van der Waals surface area (Å²) in [5.41, 5.74) is 0.275. The van der Waals surface area contributed by atoms with Crippen LogP contribution in [0, 0.1) is 5.82 Å². The second kappa shape index (κ2) is 9.89. The molecular formula is C25H29FN4O5. The van der Waals surface area contributed by atoms with E-state index in [-0.39, 0.29) is 24.2 Å². The van der Waals surface area contributed by atoms with Crippen LogP contribution in [-0.4, -0.2) is 50.7 Å². The predicted molar refractivity (Wildman–Crippen MR) is 123 cm³/mol. The number of carbonyl (C=O) groups is 2. The summed E-state index contributed by atoms with van der Waals surface area (Å²) in [5.74, 6) is -0.819. The summed E-state index contributed by atoms with van der Waals surface area (Å²) < 4.78 is 31.8. The maximum Gasteiger partial charge on any atom is 0.410 e. The lowest BCUT2D eigenvalue weighted by molar-refractivity contribution is -0.00563. The number of benzene rings is 1. The lowest BCUT2D eigenvalue weighted by atomic mass is 9.78. The van der Waals surface area contributed by atoms with Gasteiger partial charge in [-0.3, -0.25) is 9.58 Å². The van der Waals surface area contributed by atoms with E-state index >= 15 is 0 Å². The summed E-state index contributed by atoms with van der Waals surface area (Å²) >= 11 is 0. The van der Waals surface area contributed by atoms with E-state index < -0.39 is 29.6 Å². The van der Waals surface area contributed by atoms with Crippen LogP contribution in [0.4, 0.5) is 9.18 Å². The summed E-state index contributed by atoms with van der Waals surface area (Å²) in [6, 6.07) is 8.55. The van der Waals surface area contributed by atoms with Gasteiger partial charge in [-0.1, -0.05) is 17.3 Å². The third-order valence-corrected chi connectivity index (χ3v) is 5.82. The standard InChI is InChI=1S/C25H29FN4O5/c1-5-33-23(31)18-11-15-30(28-18)19-12-14-29(24(32)34-25(2,3)4)22(20-10-13-27-35-20)21(19)16-6-8-17(26)9-7-16/h6-11,13,15,19,21-22H,5,12,14H2,1-4H3. The van der Waals surface area contributed by atoms with Gasteiger partial charge in [0, 0.05) is 24.7 Å². The topological polar surface area (TPSA) is 99.7 Å². The van der Waals surface area contributed by atoms with Crippen molar-refractivity contribution in [3.63, 3.8) is 0 Å². The van der Waals surface area contributed by atoms with Crippen LogP contribution < -0.4 is 0 Å². The molecule has 0 aliphatic carbocycles. The summed E-state index contributed by atoms with van der Waals surface area (Å²) in [5, 5.41) is 8.33. The number of ether oxygens (including phenoxy) is 2. The number of likely N-dealkylation sites (tertiary alicyclic amines) is 1. The van der Waals surface area contributed by atoms with E-state index in [9.17, 15) is 14.0 Å². The molecular weight excluding hydrogens is 455 g/mol. The van der Waals surface area contributed by atoms with Gasteiger partial charge in [0.05, 0.1) is 18.8 Å². The van der Waals surface area contributed by atoms with Crippen molar-refractivity contribution in [3.05, 3.63) is 71.6 Å². The van der Waals surface area contributed by atoms with E-state index in [1.165, 1.54) is 18.3 Å². The number of halogens is 1. The number of carbonyl (C=O) groups excluding carboxylic acids is 2. The van der Waals surface area contributed by atoms with Gasteiger partial charge >= 0.3 is 12.1 Å². The van der Waals surface area contributed by atoms with Gasteiger partial charge in [0.15, 0.2) is 11.5 Å². The molecule has 1 amide bonds. The second-order valence-corrected chi connectivity index (χ2v) is 9.37. The largest absolute Gasteiger partial charge is 0.461 e. The van der Waals surface area contributed by atoms with Crippen LogP contribution in [0.15, 0.2) is 53.3 Å². The highest BCUT2D eigenvalue weighted by Crippen LogP contribution is 2.48. The maximum atomic E-state index is 13.8. The number of hydrogen-bond acceptors (Lipinski definition) is 7. The normalized spacial score (nSPS) is 20.5. The second-order valence-electron chi connectivity index (χ2n) is 9.37. The van der Waals surface area contributed by atoms with Gasteiger partial charge in [0.1, 0.15) is 17.5 Å². The minimum Gasteiger partial charge on any atom is -0.461 e. The van der Waals surface area contributed by atoms with Crippen molar-refractivity contribution in [1.82, 2.24) is 19.8 Å². The summed E-state index contributed by atoms with van der Waals surface area (Å²) in [4.78, 5) is 27.1. The molecule has 9 nitrogen and oxygen atoms in total. The molecule has 4 rings (SSSR count). The van der Waals surface area contributed by atoms with Gasteiger partial charge in [0.2, 0.25) is 0 Å². The highest BCUT2D eigenvalue weighted by atomic mass is 19.1. The number of nitrogens with zero attached hydrogens (tertiary/aromatic N) is 4. The third kappa shape index (κ3) is 5.36. The number of hydrogen-bond donors (Lipinski definition) is 0. The Balaban J connectivity index is 1.79. The van der Waals surface area contributed by atoms with Crippen LogP contribution in [0.5, 0.6) is 0 Å². The molecule has 3 unspecified atom stereocenters. The lowest BCUT2D eigenvalue weighted by Crippen LogP contribution is -2.47. The maximum absolute atomic E-state index is 13.8. The Hall–Kier alpha value is -3.69. The Bertz CT molecular complexity index is 1150. The van der Waals surface area contributed by atoms with E-state index in [0.717, 1.165) is 5.56 Å². The monoisotopic (exact) mass is 484 g/mol. The Morgan fingerprint density at radius 3 is 2.54 bits per heavy atom. The first kappa shape index (κ1) is 24.4. The van der Waals surface area contributed by atoms with Crippen molar-refractivity contribution in [2.24, 2.45) is 0 Å². The van der Waals surface area contributed by atoms with E-state index in [1.807, 2.05) is 0 Å². The quantitative estimate of drug-likeness (QED) is 0.475. The molecule has 0 saturated carbocycles. The van der Waals surface area contributed by atoms with Crippen molar-refractivity contribution in [2.75, 3.05) is 13.2 Å². The van der Waals surface area contributed by atoms with Crippen LogP contribution in [0.1, 0.15) is 73.9 Å². The van der Waals surface area contributed by atoms with Crippen molar-refractivity contribution in [2.45, 2.75) is 57.7 Å². The molecule has 10 heteroatoms. The Kier molecular flexibility index (Phi) is 6.90. The lowest BCUT2D eigenvalue weighted by Gasteiger charge is -2.44. The van der Waals surface area contributed by atoms with E-state index in [1.54, 1.807) is 67.7 Å². The number of aromatic nitrogens is 3.